The highest BCUT2D eigenvalue weighted by Crippen LogP contribution is 2.33. The highest BCUT2D eigenvalue weighted by Gasteiger charge is 2.45. The number of nitrogens with one attached hydrogen (secondary N) is 1. The molecule has 0 bridgehead atoms. The zero-order chi connectivity index (χ0) is 26.8. The molecule has 1 aromatic heterocycles. The summed E-state index contributed by atoms with van der Waals surface area (Å²) in [5.41, 5.74) is 3.15. The molecule has 0 aliphatic carbocycles. The van der Waals surface area contributed by atoms with Crippen LogP contribution in [0.2, 0.25) is 5.02 Å². The third-order valence-corrected chi connectivity index (χ3v) is 7.91. The number of thiazole rings is 1. The van der Waals surface area contributed by atoms with Crippen LogP contribution >= 0.6 is 22.9 Å². The predicted octanol–water partition coefficient (Wildman–Crippen LogP) is 4.97. The molecule has 1 aliphatic heterocycles. The van der Waals surface area contributed by atoms with E-state index >= 15 is 4.39 Å². The van der Waals surface area contributed by atoms with E-state index in [4.69, 9.17) is 11.6 Å². The summed E-state index contributed by atoms with van der Waals surface area (Å²) in [6.07, 6.45) is -4.38. The van der Waals surface area contributed by atoms with Crippen LogP contribution in [0.4, 0.5) is 29.1 Å². The average Bonchev–Trinajstić information content (AvgIpc) is 3.34. The van der Waals surface area contributed by atoms with Gasteiger partial charge >= 0.3 is 12.1 Å². The molecule has 3 aromatic rings. The molecule has 198 valence electrons. The Morgan fingerprint density at radius 1 is 1.22 bits per heavy atom. The van der Waals surface area contributed by atoms with E-state index in [1.165, 1.54) is 0 Å². The van der Waals surface area contributed by atoms with Crippen molar-refractivity contribution in [2.75, 3.05) is 22.9 Å². The Balaban J connectivity index is 1.58. The molecular weight excluding hydrogens is 560 g/mol. The maximum absolute atomic E-state index is 15.0. The Morgan fingerprint density at radius 3 is 2.51 bits per heavy atom. The molecule has 8 nitrogen and oxygen atoms in total. The zero-order valence-electron chi connectivity index (χ0n) is 18.8. The van der Waals surface area contributed by atoms with Crippen molar-refractivity contribution in [2.24, 2.45) is 0 Å². The molecule has 4 rings (SSSR count). The van der Waals surface area contributed by atoms with E-state index in [0.29, 0.717) is 0 Å². The molecule has 0 spiro atoms. The van der Waals surface area contributed by atoms with E-state index < -0.39 is 38.7 Å². The van der Waals surface area contributed by atoms with Crippen molar-refractivity contribution in [3.63, 3.8) is 0 Å². The van der Waals surface area contributed by atoms with Crippen molar-refractivity contribution in [1.29, 1.82) is 0 Å². The van der Waals surface area contributed by atoms with E-state index in [2.05, 4.69) is 20.0 Å². The Morgan fingerprint density at radius 2 is 1.92 bits per heavy atom. The summed E-state index contributed by atoms with van der Waals surface area (Å²) >= 11 is 7.03. The number of carbonyl (C=O) groups is 1. The first kappa shape index (κ1) is 27.1. The van der Waals surface area contributed by atoms with Crippen molar-refractivity contribution in [3.05, 3.63) is 69.3 Å². The molecule has 2 aromatic carbocycles. The Kier molecular flexibility index (Phi) is 7.92. The SMILES string of the molecule is O=C(ON(c1cscn1)S(=O)(=O)c1cc(Cl)c(NCc2ccccc2CN2CCC2)cc1F)C(F)(F)F. The third kappa shape index (κ3) is 6.14. The van der Waals surface area contributed by atoms with Gasteiger partial charge in [-0.1, -0.05) is 40.3 Å². The number of sulfonamides is 1. The minimum atomic E-state index is -5.51. The maximum atomic E-state index is 15.0. The topological polar surface area (TPSA) is 91.8 Å². The summed E-state index contributed by atoms with van der Waals surface area (Å²) in [6.45, 7) is 3.01. The summed E-state index contributed by atoms with van der Waals surface area (Å²) in [6, 6.07) is 9.15. The van der Waals surface area contributed by atoms with Crippen molar-refractivity contribution >= 4 is 50.4 Å². The lowest BCUT2D eigenvalue weighted by Crippen LogP contribution is -2.39. The van der Waals surface area contributed by atoms with Crippen LogP contribution in [0, 0.1) is 5.82 Å². The van der Waals surface area contributed by atoms with E-state index in [9.17, 15) is 26.4 Å². The van der Waals surface area contributed by atoms with Gasteiger partial charge < -0.3 is 10.2 Å². The summed E-state index contributed by atoms with van der Waals surface area (Å²) in [4.78, 5) is 20.2. The maximum Gasteiger partial charge on any atom is 0.493 e. The van der Waals surface area contributed by atoms with Crippen LogP contribution < -0.4 is 9.79 Å². The van der Waals surface area contributed by atoms with E-state index in [1.807, 2.05) is 24.3 Å². The van der Waals surface area contributed by atoms with Crippen LogP contribution in [0.3, 0.4) is 0 Å². The first-order valence-corrected chi connectivity index (χ1v) is 13.5. The largest absolute Gasteiger partial charge is 0.493 e. The number of anilines is 2. The lowest BCUT2D eigenvalue weighted by molar-refractivity contribution is -0.199. The van der Waals surface area contributed by atoms with Gasteiger partial charge in [-0.2, -0.15) is 21.6 Å². The van der Waals surface area contributed by atoms with Crippen molar-refractivity contribution in [2.45, 2.75) is 30.6 Å². The molecule has 0 unspecified atom stereocenters. The molecule has 1 fully saturated rings. The Labute approximate surface area is 218 Å². The summed E-state index contributed by atoms with van der Waals surface area (Å²) in [5, 5.41) is 3.75. The number of hydrogen-bond acceptors (Lipinski definition) is 8. The molecule has 0 radical (unpaired) electrons. The minimum absolute atomic E-state index is 0.0596. The normalized spacial score (nSPS) is 14.2. The molecule has 15 heteroatoms. The van der Waals surface area contributed by atoms with Crippen LogP contribution in [0.15, 0.2) is 52.2 Å². The van der Waals surface area contributed by atoms with E-state index in [-0.39, 0.29) is 21.7 Å². The Bertz CT molecular complexity index is 1380. The number of rotatable bonds is 9. The standard InChI is InChI=1S/C22H19ClF4N4O4S2/c23-16-8-19(37(33,34)31(20-12-36-13-29-20)35-21(32)22(25,26)27)17(24)9-18(16)28-10-14-4-1-2-5-15(14)11-30-6-3-7-30/h1-2,4-5,8-9,12-13,28H,3,6-7,10-11H2. The third-order valence-electron chi connectivity index (χ3n) is 5.45. The summed E-state index contributed by atoms with van der Waals surface area (Å²) in [7, 11) is -5.19. The van der Waals surface area contributed by atoms with Crippen molar-refractivity contribution in [1.82, 2.24) is 9.88 Å². The number of carbonyl (C=O) groups excluding carboxylic acids is 1. The fourth-order valence-corrected chi connectivity index (χ4v) is 5.58. The van der Waals surface area contributed by atoms with Gasteiger partial charge in [0.2, 0.25) is 0 Å². The second kappa shape index (κ2) is 10.8. The number of nitrogens with zero attached hydrogens (tertiary/aromatic N) is 3. The van der Waals surface area contributed by atoms with Gasteiger partial charge in [0.25, 0.3) is 10.0 Å². The molecule has 2 heterocycles. The van der Waals surface area contributed by atoms with Gasteiger partial charge in [0.15, 0.2) is 5.82 Å². The van der Waals surface area contributed by atoms with Crippen LogP contribution in [0.1, 0.15) is 17.5 Å². The molecule has 1 N–H and O–H groups in total. The second-order valence-electron chi connectivity index (χ2n) is 7.97. The van der Waals surface area contributed by atoms with Crippen LogP contribution in [-0.2, 0) is 32.7 Å². The molecule has 0 saturated carbocycles. The molecule has 1 saturated heterocycles. The van der Waals surface area contributed by atoms with Gasteiger partial charge in [0, 0.05) is 18.5 Å². The van der Waals surface area contributed by atoms with E-state index in [0.717, 1.165) is 71.5 Å². The fraction of sp³-hybridized carbons (Fsp3) is 0.273. The lowest BCUT2D eigenvalue weighted by atomic mass is 10.1. The fourth-order valence-electron chi connectivity index (χ4n) is 3.45. The number of benzene rings is 2. The number of aromatic nitrogens is 1. The molecule has 37 heavy (non-hydrogen) atoms. The number of hydrogen-bond donors (Lipinski definition) is 1. The molecule has 0 atom stereocenters. The van der Waals surface area contributed by atoms with Crippen molar-refractivity contribution < 1.29 is 35.6 Å². The summed E-state index contributed by atoms with van der Waals surface area (Å²) in [5.74, 6) is -4.83. The molecule has 1 aliphatic rings. The van der Waals surface area contributed by atoms with Gasteiger partial charge in [-0.05, 0) is 42.8 Å². The number of alkyl halides is 3. The first-order chi connectivity index (χ1) is 17.5. The molecule has 0 amide bonds. The lowest BCUT2D eigenvalue weighted by Gasteiger charge is -2.31. The first-order valence-electron chi connectivity index (χ1n) is 10.7. The highest BCUT2D eigenvalue weighted by atomic mass is 35.5. The van der Waals surface area contributed by atoms with Gasteiger partial charge in [-0.3, -0.25) is 4.90 Å². The monoisotopic (exact) mass is 578 g/mol. The minimum Gasteiger partial charge on any atom is -0.380 e. The van der Waals surface area contributed by atoms with Gasteiger partial charge in [0.1, 0.15) is 10.7 Å². The predicted molar refractivity (Wildman–Crippen MR) is 129 cm³/mol. The Hall–Kier alpha value is -2.94. The smallest absolute Gasteiger partial charge is 0.380 e. The van der Waals surface area contributed by atoms with Crippen LogP contribution in [0.25, 0.3) is 0 Å². The zero-order valence-corrected chi connectivity index (χ0v) is 21.2. The van der Waals surface area contributed by atoms with Crippen molar-refractivity contribution in [3.8, 4) is 0 Å². The average molecular weight is 579 g/mol. The number of halogens is 5. The highest BCUT2D eigenvalue weighted by molar-refractivity contribution is 7.92. The van der Waals surface area contributed by atoms with Crippen LogP contribution in [-0.4, -0.2) is 43.5 Å². The number of likely N-dealkylation sites (tertiary alicyclic amines) is 1. The second-order valence-corrected chi connectivity index (χ2v) is 10.8. The van der Waals surface area contributed by atoms with Gasteiger partial charge in [-0.25, -0.2) is 14.2 Å². The molecular formula is C22H19ClF4N4O4S2. The van der Waals surface area contributed by atoms with Gasteiger partial charge in [0.05, 0.1) is 16.2 Å². The van der Waals surface area contributed by atoms with E-state index in [1.54, 1.807) is 0 Å². The van der Waals surface area contributed by atoms with Gasteiger partial charge in [-0.15, -0.1) is 11.3 Å². The van der Waals surface area contributed by atoms with Crippen LogP contribution in [0.5, 0.6) is 0 Å². The summed E-state index contributed by atoms with van der Waals surface area (Å²) < 4.78 is 79.1. The quantitative estimate of drug-likeness (QED) is 0.283.